The highest BCUT2D eigenvalue weighted by molar-refractivity contribution is 6.06. The van der Waals surface area contributed by atoms with Crippen LogP contribution in [0.5, 0.6) is 0 Å². The van der Waals surface area contributed by atoms with E-state index in [-0.39, 0.29) is 11.8 Å². The third-order valence-electron chi connectivity index (χ3n) is 3.41. The third-order valence-corrected chi connectivity index (χ3v) is 3.41. The zero-order valence-corrected chi connectivity index (χ0v) is 11.9. The van der Waals surface area contributed by atoms with Crippen LogP contribution in [0.15, 0.2) is 36.5 Å². The highest BCUT2D eigenvalue weighted by Gasteiger charge is 2.12. The van der Waals surface area contributed by atoms with Crippen molar-refractivity contribution in [3.63, 3.8) is 0 Å². The van der Waals surface area contributed by atoms with E-state index in [9.17, 15) is 9.59 Å². The molecule has 1 unspecified atom stereocenters. The van der Waals surface area contributed by atoms with Gasteiger partial charge < -0.3 is 10.4 Å². The number of fused-ring (bicyclic) bond motifs is 1. The van der Waals surface area contributed by atoms with E-state index in [0.29, 0.717) is 24.9 Å². The van der Waals surface area contributed by atoms with Crippen molar-refractivity contribution in [3.05, 3.63) is 42.1 Å². The molecule has 0 fully saturated rings. The number of hydrogen-bond acceptors (Lipinski definition) is 3. The molecule has 5 nitrogen and oxygen atoms in total. The predicted molar refractivity (Wildman–Crippen MR) is 80.1 cm³/mol. The lowest BCUT2D eigenvalue weighted by atomic mass is 10.1. The summed E-state index contributed by atoms with van der Waals surface area (Å²) in [5.74, 6) is -1.35. The summed E-state index contributed by atoms with van der Waals surface area (Å²) in [7, 11) is 0. The maximum absolute atomic E-state index is 12.2. The molecular formula is C16H18N2O3. The van der Waals surface area contributed by atoms with E-state index < -0.39 is 5.97 Å². The van der Waals surface area contributed by atoms with Crippen LogP contribution in [0, 0.1) is 5.92 Å². The van der Waals surface area contributed by atoms with Gasteiger partial charge in [-0.25, -0.2) is 0 Å². The van der Waals surface area contributed by atoms with Crippen LogP contribution < -0.4 is 5.32 Å². The fraction of sp³-hybridized carbons (Fsp3) is 0.312. The van der Waals surface area contributed by atoms with Crippen LogP contribution >= 0.6 is 0 Å². The molecule has 5 heteroatoms. The van der Waals surface area contributed by atoms with E-state index in [4.69, 9.17) is 5.11 Å². The molecule has 21 heavy (non-hydrogen) atoms. The molecule has 2 aromatic rings. The first-order valence-electron chi connectivity index (χ1n) is 6.94. The van der Waals surface area contributed by atoms with E-state index >= 15 is 0 Å². The summed E-state index contributed by atoms with van der Waals surface area (Å²) in [5.41, 5.74) is 1.37. The molecule has 1 amide bonds. The van der Waals surface area contributed by atoms with Crippen molar-refractivity contribution in [2.75, 3.05) is 6.54 Å². The van der Waals surface area contributed by atoms with Crippen molar-refractivity contribution < 1.29 is 14.7 Å². The highest BCUT2D eigenvalue weighted by Crippen LogP contribution is 2.16. The molecule has 1 aromatic heterocycles. The van der Waals surface area contributed by atoms with Crippen LogP contribution in [0.2, 0.25) is 0 Å². The molecule has 0 bridgehead atoms. The molecule has 0 aliphatic heterocycles. The number of carboxylic acid groups (broad SMARTS) is 1. The Balaban J connectivity index is 1.95. The Kier molecular flexibility index (Phi) is 4.87. The van der Waals surface area contributed by atoms with Crippen LogP contribution in [-0.2, 0) is 4.79 Å². The first-order valence-corrected chi connectivity index (χ1v) is 6.94. The third kappa shape index (κ3) is 3.78. The van der Waals surface area contributed by atoms with Crippen molar-refractivity contribution in [1.29, 1.82) is 0 Å². The number of benzene rings is 1. The molecular weight excluding hydrogens is 268 g/mol. The van der Waals surface area contributed by atoms with Gasteiger partial charge in [-0.15, -0.1) is 0 Å². The Morgan fingerprint density at radius 2 is 2.10 bits per heavy atom. The van der Waals surface area contributed by atoms with Gasteiger partial charge >= 0.3 is 5.97 Å². The number of carbonyl (C=O) groups is 2. The molecule has 1 heterocycles. The maximum Gasteiger partial charge on any atom is 0.306 e. The lowest BCUT2D eigenvalue weighted by molar-refractivity contribution is -0.141. The first-order chi connectivity index (χ1) is 10.1. The Bertz CT molecular complexity index is 650. The summed E-state index contributed by atoms with van der Waals surface area (Å²) < 4.78 is 0. The molecule has 1 atom stereocenters. The number of rotatable bonds is 6. The standard InChI is InChI=1S/C16H18N2O3/c1-11(16(20)21)5-3-10-18-15(19)13-6-2-8-14-12(13)7-4-9-17-14/h2,4,6-9,11H,3,5,10H2,1H3,(H,18,19)(H,20,21). The summed E-state index contributed by atoms with van der Waals surface area (Å²) in [6, 6.07) is 9.09. The van der Waals surface area contributed by atoms with Gasteiger partial charge in [0.1, 0.15) is 0 Å². The van der Waals surface area contributed by atoms with Crippen LogP contribution in [0.3, 0.4) is 0 Å². The molecule has 2 rings (SSSR count). The highest BCUT2D eigenvalue weighted by atomic mass is 16.4. The number of nitrogens with one attached hydrogen (secondary N) is 1. The zero-order valence-electron chi connectivity index (χ0n) is 11.9. The van der Waals surface area contributed by atoms with Crippen LogP contribution in [0.25, 0.3) is 10.9 Å². The fourth-order valence-corrected chi connectivity index (χ4v) is 2.13. The molecule has 0 aliphatic rings. The van der Waals surface area contributed by atoms with Gasteiger partial charge in [-0.05, 0) is 31.0 Å². The van der Waals surface area contributed by atoms with Gasteiger partial charge in [0.25, 0.3) is 5.91 Å². The summed E-state index contributed by atoms with van der Waals surface area (Å²) >= 11 is 0. The largest absolute Gasteiger partial charge is 0.481 e. The second-order valence-electron chi connectivity index (χ2n) is 5.01. The number of hydrogen-bond donors (Lipinski definition) is 2. The zero-order chi connectivity index (χ0) is 15.2. The lowest BCUT2D eigenvalue weighted by Gasteiger charge is -2.09. The summed E-state index contributed by atoms with van der Waals surface area (Å²) in [5, 5.41) is 12.4. The lowest BCUT2D eigenvalue weighted by Crippen LogP contribution is -2.25. The van der Waals surface area contributed by atoms with Crippen LogP contribution in [0.1, 0.15) is 30.1 Å². The number of carbonyl (C=O) groups excluding carboxylic acids is 1. The number of pyridine rings is 1. The van der Waals surface area contributed by atoms with Crippen LogP contribution in [-0.4, -0.2) is 28.5 Å². The number of carboxylic acids is 1. The number of aromatic nitrogens is 1. The molecule has 0 radical (unpaired) electrons. The molecule has 0 saturated carbocycles. The van der Waals surface area contributed by atoms with Gasteiger partial charge in [-0.1, -0.05) is 19.1 Å². The van der Waals surface area contributed by atoms with Crippen molar-refractivity contribution in [2.24, 2.45) is 5.92 Å². The molecule has 0 spiro atoms. The molecule has 0 saturated heterocycles. The van der Waals surface area contributed by atoms with Crippen molar-refractivity contribution >= 4 is 22.8 Å². The van der Waals surface area contributed by atoms with E-state index in [2.05, 4.69) is 10.3 Å². The molecule has 2 N–H and O–H groups in total. The van der Waals surface area contributed by atoms with E-state index in [0.717, 1.165) is 10.9 Å². The van der Waals surface area contributed by atoms with Gasteiger partial charge in [0.05, 0.1) is 11.4 Å². The number of amides is 1. The van der Waals surface area contributed by atoms with Gasteiger partial charge in [0, 0.05) is 23.7 Å². The monoisotopic (exact) mass is 286 g/mol. The maximum atomic E-state index is 12.2. The molecule has 1 aromatic carbocycles. The Labute approximate surface area is 123 Å². The van der Waals surface area contributed by atoms with Crippen LogP contribution in [0.4, 0.5) is 0 Å². The average Bonchev–Trinajstić information content (AvgIpc) is 2.50. The minimum atomic E-state index is -0.804. The second kappa shape index (κ2) is 6.83. The summed E-state index contributed by atoms with van der Waals surface area (Å²) in [6.45, 7) is 2.13. The summed E-state index contributed by atoms with van der Waals surface area (Å²) in [4.78, 5) is 27.1. The average molecular weight is 286 g/mol. The smallest absolute Gasteiger partial charge is 0.306 e. The van der Waals surface area contributed by atoms with Gasteiger partial charge in [-0.3, -0.25) is 14.6 Å². The summed E-state index contributed by atoms with van der Waals surface area (Å²) in [6.07, 6.45) is 2.88. The predicted octanol–water partition coefficient (Wildman–Crippen LogP) is 2.47. The van der Waals surface area contributed by atoms with Gasteiger partial charge in [-0.2, -0.15) is 0 Å². The normalized spacial score (nSPS) is 12.0. The first kappa shape index (κ1) is 15.0. The Morgan fingerprint density at radius 3 is 2.86 bits per heavy atom. The second-order valence-corrected chi connectivity index (χ2v) is 5.01. The van der Waals surface area contributed by atoms with Crippen molar-refractivity contribution in [3.8, 4) is 0 Å². The Morgan fingerprint density at radius 1 is 1.29 bits per heavy atom. The van der Waals surface area contributed by atoms with Gasteiger partial charge in [0.15, 0.2) is 0 Å². The molecule has 110 valence electrons. The quantitative estimate of drug-likeness (QED) is 0.799. The van der Waals surface area contributed by atoms with Crippen molar-refractivity contribution in [1.82, 2.24) is 10.3 Å². The van der Waals surface area contributed by atoms with Gasteiger partial charge in [0.2, 0.25) is 0 Å². The minimum Gasteiger partial charge on any atom is -0.481 e. The number of aliphatic carboxylic acids is 1. The topological polar surface area (TPSA) is 79.3 Å². The van der Waals surface area contributed by atoms with Crippen molar-refractivity contribution in [2.45, 2.75) is 19.8 Å². The van der Waals surface area contributed by atoms with E-state index in [1.807, 2.05) is 12.1 Å². The fourth-order valence-electron chi connectivity index (χ4n) is 2.13. The van der Waals surface area contributed by atoms with E-state index in [1.54, 1.807) is 31.3 Å². The SMILES string of the molecule is CC(CCCNC(=O)c1cccc2ncccc12)C(=O)O. The Hall–Kier alpha value is -2.43. The number of nitrogens with zero attached hydrogens (tertiary/aromatic N) is 1. The van der Waals surface area contributed by atoms with E-state index in [1.165, 1.54) is 0 Å². The molecule has 0 aliphatic carbocycles. The minimum absolute atomic E-state index is 0.156.